The van der Waals surface area contributed by atoms with Gasteiger partial charge in [-0.05, 0) is 80.7 Å². The van der Waals surface area contributed by atoms with Gasteiger partial charge in [0.1, 0.15) is 5.82 Å². The quantitative estimate of drug-likeness (QED) is 0.227. The van der Waals surface area contributed by atoms with Gasteiger partial charge < -0.3 is 25.8 Å². The van der Waals surface area contributed by atoms with Crippen molar-refractivity contribution in [3.63, 3.8) is 0 Å². The van der Waals surface area contributed by atoms with Crippen LogP contribution in [0.25, 0.3) is 11.3 Å². The number of nitrogens with zero attached hydrogens (tertiary/aromatic N) is 6. The molecule has 2 aliphatic rings. The highest BCUT2D eigenvalue weighted by molar-refractivity contribution is 6.31. The first kappa shape index (κ1) is 28.6. The Hall–Kier alpha value is -4.54. The number of rotatable bonds is 6. The van der Waals surface area contributed by atoms with Crippen LogP contribution in [0.4, 0.5) is 27.4 Å². The Balaban J connectivity index is 1.19. The van der Waals surface area contributed by atoms with E-state index in [1.807, 2.05) is 42.1 Å². The van der Waals surface area contributed by atoms with E-state index in [-0.39, 0.29) is 11.8 Å². The summed E-state index contributed by atoms with van der Waals surface area (Å²) in [4.78, 5) is 32.2. The zero-order valence-electron chi connectivity index (χ0n) is 24.0. The average molecular weight is 599 g/mol. The third-order valence-corrected chi connectivity index (χ3v) is 7.86. The molecule has 0 unspecified atom stereocenters. The summed E-state index contributed by atoms with van der Waals surface area (Å²) < 4.78 is 14.8. The van der Waals surface area contributed by atoms with E-state index in [1.165, 1.54) is 6.07 Å². The Bertz CT molecular complexity index is 1690. The molecule has 9 nitrogen and oxygen atoms in total. The lowest BCUT2D eigenvalue weighted by Gasteiger charge is -2.41. The van der Waals surface area contributed by atoms with Crippen LogP contribution in [0.5, 0.6) is 0 Å². The Kier molecular flexibility index (Phi) is 7.96. The predicted octanol–water partition coefficient (Wildman–Crippen LogP) is 5.32. The van der Waals surface area contributed by atoms with Gasteiger partial charge >= 0.3 is 0 Å². The summed E-state index contributed by atoms with van der Waals surface area (Å²) >= 11 is 6.39. The van der Waals surface area contributed by atoms with E-state index in [4.69, 9.17) is 22.3 Å². The van der Waals surface area contributed by atoms with Crippen molar-refractivity contribution in [3.8, 4) is 11.3 Å². The van der Waals surface area contributed by atoms with Crippen molar-refractivity contribution in [3.05, 3.63) is 94.9 Å². The molecule has 2 aliphatic heterocycles. The lowest BCUT2D eigenvalue weighted by molar-refractivity contribution is 0.0994. The van der Waals surface area contributed by atoms with E-state index in [0.717, 1.165) is 42.1 Å². The van der Waals surface area contributed by atoms with Crippen molar-refractivity contribution in [1.82, 2.24) is 19.8 Å². The number of aliphatic imine (C=N–C) groups is 1. The number of carbonyl (C=O) groups excluding carboxylic acids is 1. The molecule has 43 heavy (non-hydrogen) atoms. The van der Waals surface area contributed by atoms with Gasteiger partial charge in [0.15, 0.2) is 5.96 Å². The third-order valence-electron chi connectivity index (χ3n) is 7.63. The maximum atomic E-state index is 14.8. The summed E-state index contributed by atoms with van der Waals surface area (Å²) in [5.41, 5.74) is 11.0. The van der Waals surface area contributed by atoms with Crippen LogP contribution in [-0.4, -0.2) is 71.9 Å². The third kappa shape index (κ3) is 6.16. The maximum absolute atomic E-state index is 14.8. The van der Waals surface area contributed by atoms with Crippen LogP contribution in [0.15, 0.2) is 77.9 Å². The van der Waals surface area contributed by atoms with E-state index < -0.39 is 5.91 Å². The molecular formula is C32H32ClFN8O. The largest absolute Gasteiger partial charge is 0.369 e. The van der Waals surface area contributed by atoms with Gasteiger partial charge in [-0.25, -0.2) is 14.4 Å². The number of aromatic nitrogens is 2. The normalized spacial score (nSPS) is 15.0. The Morgan fingerprint density at radius 3 is 2.63 bits per heavy atom. The summed E-state index contributed by atoms with van der Waals surface area (Å²) in [6, 6.07) is 19.2. The summed E-state index contributed by atoms with van der Waals surface area (Å²) in [5, 5.41) is 3.78. The number of halogens is 2. The fourth-order valence-electron chi connectivity index (χ4n) is 5.54. The molecule has 0 radical (unpaired) electrons. The van der Waals surface area contributed by atoms with Gasteiger partial charge in [-0.15, -0.1) is 0 Å². The minimum absolute atomic E-state index is 0.246. The minimum Gasteiger partial charge on any atom is -0.369 e. The molecule has 0 aliphatic carbocycles. The lowest BCUT2D eigenvalue weighted by Crippen LogP contribution is -2.55. The molecule has 1 saturated heterocycles. The van der Waals surface area contributed by atoms with Gasteiger partial charge in [-0.3, -0.25) is 4.79 Å². The fourth-order valence-corrected chi connectivity index (χ4v) is 5.70. The number of carbonyl (C=O) groups is 1. The molecule has 0 spiro atoms. The first-order chi connectivity index (χ1) is 20.7. The van der Waals surface area contributed by atoms with E-state index in [0.29, 0.717) is 46.8 Å². The second-order valence-corrected chi connectivity index (χ2v) is 11.5. The second kappa shape index (κ2) is 12.0. The molecule has 11 heteroatoms. The molecule has 1 fully saturated rings. The highest BCUT2D eigenvalue weighted by Crippen LogP contribution is 2.41. The van der Waals surface area contributed by atoms with Crippen LogP contribution in [0.2, 0.25) is 5.02 Å². The van der Waals surface area contributed by atoms with Gasteiger partial charge in [0, 0.05) is 60.1 Å². The van der Waals surface area contributed by atoms with Gasteiger partial charge in [0.25, 0.3) is 5.91 Å². The first-order valence-electron chi connectivity index (χ1n) is 14.1. The van der Waals surface area contributed by atoms with Gasteiger partial charge in [0.2, 0.25) is 5.95 Å². The molecule has 4 aromatic rings. The number of benzene rings is 3. The molecule has 3 aromatic carbocycles. The molecule has 0 bridgehead atoms. The highest BCUT2D eigenvalue weighted by atomic mass is 35.5. The van der Waals surface area contributed by atoms with Gasteiger partial charge in [-0.2, -0.15) is 4.99 Å². The van der Waals surface area contributed by atoms with Crippen molar-refractivity contribution in [1.29, 1.82) is 0 Å². The van der Waals surface area contributed by atoms with Crippen molar-refractivity contribution in [2.45, 2.75) is 6.42 Å². The van der Waals surface area contributed by atoms with Crippen molar-refractivity contribution in [2.75, 3.05) is 50.5 Å². The molecule has 220 valence electrons. The maximum Gasteiger partial charge on any atom is 0.280 e. The summed E-state index contributed by atoms with van der Waals surface area (Å²) in [7, 11) is 4.08. The fraction of sp³-hybridized carbons (Fsp3) is 0.250. The second-order valence-electron chi connectivity index (χ2n) is 11.1. The van der Waals surface area contributed by atoms with Crippen LogP contribution in [0.3, 0.4) is 0 Å². The molecule has 6 rings (SSSR count). The number of nitrogens with one attached hydrogen (secondary N) is 1. The zero-order valence-corrected chi connectivity index (χ0v) is 24.7. The molecule has 0 atom stereocenters. The van der Waals surface area contributed by atoms with E-state index in [9.17, 15) is 9.18 Å². The van der Waals surface area contributed by atoms with Gasteiger partial charge in [-0.1, -0.05) is 23.7 Å². The van der Waals surface area contributed by atoms with E-state index in [1.54, 1.807) is 48.7 Å². The molecule has 3 heterocycles. The monoisotopic (exact) mass is 598 g/mol. The van der Waals surface area contributed by atoms with Crippen molar-refractivity contribution >= 4 is 46.5 Å². The standard InChI is InChI=1S/C32H32ClFN8O/c1-40(2)17-20-18-41(19-20)31(35)39-30(43)21-7-10-24(11-8-21)37-32-36-16-22-13-14-42(27-6-4-3-5-26(27)34)28-15-23(33)9-12-25(28)29(22)38-32/h3-12,15-16,20H,13-14,17-19H2,1-2H3,(H2,35,39,43)(H,36,37,38). The number of anilines is 4. The number of para-hydroxylation sites is 1. The van der Waals surface area contributed by atoms with Crippen LogP contribution in [-0.2, 0) is 6.42 Å². The molecular weight excluding hydrogens is 567 g/mol. The summed E-state index contributed by atoms with van der Waals surface area (Å²) in [5.74, 6) is 0.464. The minimum atomic E-state index is -0.393. The van der Waals surface area contributed by atoms with Crippen molar-refractivity contribution in [2.24, 2.45) is 16.6 Å². The van der Waals surface area contributed by atoms with Crippen LogP contribution in [0, 0.1) is 11.7 Å². The van der Waals surface area contributed by atoms with E-state index >= 15 is 0 Å². The Labute approximate surface area is 254 Å². The predicted molar refractivity (Wildman–Crippen MR) is 169 cm³/mol. The SMILES string of the molecule is CN(C)CC1CN(C(N)=NC(=O)c2ccc(Nc3ncc4c(n3)-c3ccc(Cl)cc3N(c3ccccc3F)CC4)cc2)C1. The van der Waals surface area contributed by atoms with Crippen LogP contribution >= 0.6 is 11.6 Å². The number of hydrogen-bond donors (Lipinski definition) is 2. The zero-order chi connectivity index (χ0) is 30.1. The van der Waals surface area contributed by atoms with Crippen molar-refractivity contribution < 1.29 is 9.18 Å². The van der Waals surface area contributed by atoms with Crippen LogP contribution < -0.4 is 16.0 Å². The number of fused-ring (bicyclic) bond motifs is 3. The highest BCUT2D eigenvalue weighted by Gasteiger charge is 2.29. The number of nitrogens with two attached hydrogens (primary N) is 1. The summed E-state index contributed by atoms with van der Waals surface area (Å²) in [6.45, 7) is 3.10. The smallest absolute Gasteiger partial charge is 0.280 e. The number of hydrogen-bond acceptors (Lipinski definition) is 6. The van der Waals surface area contributed by atoms with Gasteiger partial charge in [0.05, 0.1) is 17.1 Å². The number of likely N-dealkylation sites (tertiary alicyclic amines) is 1. The topological polar surface area (TPSA) is 103 Å². The molecule has 0 saturated carbocycles. The van der Waals surface area contributed by atoms with Crippen LogP contribution in [0.1, 0.15) is 15.9 Å². The molecule has 1 amide bonds. The lowest BCUT2D eigenvalue weighted by atomic mass is 10.0. The van der Waals surface area contributed by atoms with E-state index in [2.05, 4.69) is 20.2 Å². The molecule has 3 N–H and O–H groups in total. The number of amides is 1. The Morgan fingerprint density at radius 1 is 1.12 bits per heavy atom. The average Bonchev–Trinajstić information content (AvgIpc) is 3.11. The number of guanidine groups is 1. The molecule has 1 aromatic heterocycles. The Morgan fingerprint density at radius 2 is 1.88 bits per heavy atom. The summed E-state index contributed by atoms with van der Waals surface area (Å²) in [6.07, 6.45) is 2.41. The first-order valence-corrected chi connectivity index (χ1v) is 14.5.